The van der Waals surface area contributed by atoms with Crippen molar-refractivity contribution in [3.8, 4) is 5.75 Å². The number of nitrogens with two attached hydrogens (primary N) is 1. The number of phenols is 1. The topological polar surface area (TPSA) is 236 Å². The number of hydrogen-bond donors (Lipinski definition) is 9. The second-order valence-electron chi connectivity index (χ2n) is 10.0. The molecule has 0 saturated carbocycles. The molecule has 43 heavy (non-hydrogen) atoms. The predicted octanol–water partition coefficient (Wildman–Crippen LogP) is -0.517. The zero-order valence-corrected chi connectivity index (χ0v) is 23.0. The lowest BCUT2D eigenvalue weighted by atomic mass is 10.0. The summed E-state index contributed by atoms with van der Waals surface area (Å²) in [6, 6.07) is 8.26. The Morgan fingerprint density at radius 3 is 2.14 bits per heavy atom. The minimum atomic E-state index is -1.59. The fourth-order valence-electron chi connectivity index (χ4n) is 4.54. The smallest absolute Gasteiger partial charge is 0.328 e. The number of aromatic amines is 2. The van der Waals surface area contributed by atoms with E-state index in [1.165, 1.54) is 24.7 Å². The number of carbonyl (C=O) groups excluding carboxylic acids is 3. The number of para-hydroxylation sites is 1. The molecule has 0 bridgehead atoms. The molecular formula is C29H33N7O7. The number of benzene rings is 2. The minimum Gasteiger partial charge on any atom is -0.508 e. The summed E-state index contributed by atoms with van der Waals surface area (Å²) < 4.78 is 0. The Hall–Kier alpha value is -5.21. The van der Waals surface area contributed by atoms with Crippen LogP contribution in [-0.2, 0) is 38.4 Å². The first-order valence-corrected chi connectivity index (χ1v) is 13.4. The predicted molar refractivity (Wildman–Crippen MR) is 155 cm³/mol. The number of aliphatic carboxylic acids is 1. The van der Waals surface area contributed by atoms with Crippen molar-refractivity contribution < 1.29 is 34.5 Å². The van der Waals surface area contributed by atoms with Crippen LogP contribution in [0.3, 0.4) is 0 Å². The van der Waals surface area contributed by atoms with Crippen LogP contribution in [0, 0.1) is 0 Å². The molecule has 2 heterocycles. The molecule has 14 heteroatoms. The van der Waals surface area contributed by atoms with E-state index in [1.54, 1.807) is 18.3 Å². The van der Waals surface area contributed by atoms with Gasteiger partial charge in [0.1, 0.15) is 23.9 Å². The molecule has 0 fully saturated rings. The van der Waals surface area contributed by atoms with Gasteiger partial charge < -0.3 is 47.0 Å². The number of amides is 3. The van der Waals surface area contributed by atoms with E-state index < -0.39 is 54.5 Å². The second-order valence-corrected chi connectivity index (χ2v) is 10.0. The number of imidazole rings is 1. The van der Waals surface area contributed by atoms with Gasteiger partial charge in [0.2, 0.25) is 17.7 Å². The van der Waals surface area contributed by atoms with Crippen molar-refractivity contribution in [3.05, 3.63) is 84.1 Å². The van der Waals surface area contributed by atoms with E-state index in [0.29, 0.717) is 16.8 Å². The number of aliphatic hydroxyl groups excluding tert-OH is 1. The molecule has 226 valence electrons. The van der Waals surface area contributed by atoms with Crippen molar-refractivity contribution in [2.45, 2.75) is 43.4 Å². The van der Waals surface area contributed by atoms with E-state index in [2.05, 4.69) is 30.9 Å². The molecule has 4 aromatic rings. The number of H-pyrrole nitrogens is 2. The summed E-state index contributed by atoms with van der Waals surface area (Å²) in [6.45, 7) is -0.859. The molecule has 0 aliphatic heterocycles. The summed E-state index contributed by atoms with van der Waals surface area (Å²) >= 11 is 0. The van der Waals surface area contributed by atoms with Crippen LogP contribution in [0.5, 0.6) is 5.75 Å². The number of nitrogens with zero attached hydrogens (tertiary/aromatic N) is 1. The highest BCUT2D eigenvalue weighted by atomic mass is 16.4. The zero-order chi connectivity index (χ0) is 30.9. The summed E-state index contributed by atoms with van der Waals surface area (Å²) in [5, 5.41) is 36.8. The fraction of sp³-hybridized carbons (Fsp3) is 0.276. The lowest BCUT2D eigenvalue weighted by Crippen LogP contribution is -2.58. The minimum absolute atomic E-state index is 0.00948. The molecule has 0 aliphatic carbocycles. The normalized spacial score (nSPS) is 13.9. The van der Waals surface area contributed by atoms with Crippen molar-refractivity contribution in [1.29, 1.82) is 0 Å². The molecule has 0 saturated heterocycles. The summed E-state index contributed by atoms with van der Waals surface area (Å²) in [7, 11) is 0. The molecular weight excluding hydrogens is 558 g/mol. The Morgan fingerprint density at radius 2 is 1.49 bits per heavy atom. The highest BCUT2D eigenvalue weighted by Gasteiger charge is 2.31. The van der Waals surface area contributed by atoms with Crippen LogP contribution in [0.2, 0.25) is 0 Å². The number of nitrogens with one attached hydrogen (secondary N) is 5. The molecule has 14 nitrogen and oxygen atoms in total. The number of aromatic hydroxyl groups is 1. The number of aromatic nitrogens is 3. The van der Waals surface area contributed by atoms with Crippen molar-refractivity contribution in [2.24, 2.45) is 5.73 Å². The lowest BCUT2D eigenvalue weighted by molar-refractivity contribution is -0.143. The molecule has 0 radical (unpaired) electrons. The summed E-state index contributed by atoms with van der Waals surface area (Å²) in [4.78, 5) is 61.4. The molecule has 10 N–H and O–H groups in total. The van der Waals surface area contributed by atoms with E-state index in [9.17, 15) is 34.5 Å². The standard InChI is InChI=1S/C29H33N7O7/c30-21(11-18-13-31-15-33-18)26(39)34-23(9-16-5-7-19(38)8-6-16)27(40)35-24(28(41)36-25(14-37)29(42)43)10-17-12-32-22-4-2-1-3-20(17)22/h1-8,12-13,15,21,23-25,32,37-38H,9-11,14,30H2,(H,31,33)(H,34,39)(H,35,40)(H,36,41)(H,42,43). The Kier molecular flexibility index (Phi) is 10.1. The zero-order valence-electron chi connectivity index (χ0n) is 23.0. The molecule has 0 spiro atoms. The van der Waals surface area contributed by atoms with Gasteiger partial charge >= 0.3 is 5.97 Å². The second kappa shape index (κ2) is 14.1. The largest absolute Gasteiger partial charge is 0.508 e. The molecule has 4 atom stereocenters. The summed E-state index contributed by atoms with van der Waals surface area (Å²) in [6.07, 6.45) is 4.75. The molecule has 4 rings (SSSR count). The number of hydrogen-bond acceptors (Lipinski definition) is 8. The van der Waals surface area contributed by atoms with Gasteiger partial charge in [0.15, 0.2) is 0 Å². The number of rotatable bonds is 14. The van der Waals surface area contributed by atoms with E-state index in [4.69, 9.17) is 5.73 Å². The molecule has 3 amide bonds. The Balaban J connectivity index is 1.58. The maximum absolute atomic E-state index is 13.7. The van der Waals surface area contributed by atoms with Crippen LogP contribution in [0.25, 0.3) is 10.9 Å². The van der Waals surface area contributed by atoms with Crippen molar-refractivity contribution in [2.75, 3.05) is 6.61 Å². The number of aliphatic hydroxyl groups is 1. The highest BCUT2D eigenvalue weighted by molar-refractivity contribution is 5.95. The van der Waals surface area contributed by atoms with Crippen LogP contribution < -0.4 is 21.7 Å². The van der Waals surface area contributed by atoms with Crippen LogP contribution >= 0.6 is 0 Å². The third kappa shape index (κ3) is 8.18. The molecule has 0 aliphatic rings. The monoisotopic (exact) mass is 591 g/mol. The van der Waals surface area contributed by atoms with E-state index >= 15 is 0 Å². The number of carbonyl (C=O) groups is 4. The van der Waals surface area contributed by atoms with E-state index in [-0.39, 0.29) is 25.0 Å². The number of phenolic OH excluding ortho intramolecular Hbond substituents is 1. The summed E-state index contributed by atoms with van der Waals surface area (Å²) in [5.41, 5.74) is 8.78. The lowest BCUT2D eigenvalue weighted by Gasteiger charge is -2.25. The SMILES string of the molecule is NC(Cc1cnc[nH]1)C(=O)NC(Cc1ccc(O)cc1)C(=O)NC(Cc1c[nH]c2ccccc12)C(=O)NC(CO)C(=O)O. The van der Waals surface area contributed by atoms with Crippen molar-refractivity contribution in [3.63, 3.8) is 0 Å². The average molecular weight is 592 g/mol. The molecule has 2 aromatic carbocycles. The Bertz CT molecular complexity index is 1550. The maximum Gasteiger partial charge on any atom is 0.328 e. The highest BCUT2D eigenvalue weighted by Crippen LogP contribution is 2.19. The van der Waals surface area contributed by atoms with Gasteiger partial charge in [-0.15, -0.1) is 0 Å². The van der Waals surface area contributed by atoms with Crippen LogP contribution in [0.15, 0.2) is 67.3 Å². The molecule has 4 unspecified atom stereocenters. The van der Waals surface area contributed by atoms with Crippen LogP contribution in [0.4, 0.5) is 0 Å². The van der Waals surface area contributed by atoms with Gasteiger partial charge in [-0.3, -0.25) is 14.4 Å². The van der Waals surface area contributed by atoms with Crippen LogP contribution in [-0.4, -0.2) is 84.7 Å². The fourth-order valence-corrected chi connectivity index (χ4v) is 4.54. The third-order valence-corrected chi connectivity index (χ3v) is 6.87. The van der Waals surface area contributed by atoms with Gasteiger partial charge in [-0.25, -0.2) is 9.78 Å². The first-order valence-electron chi connectivity index (χ1n) is 13.4. The van der Waals surface area contributed by atoms with E-state index in [0.717, 1.165) is 10.9 Å². The number of carboxylic acid groups (broad SMARTS) is 1. The summed E-state index contributed by atoms with van der Waals surface area (Å²) in [5.74, 6) is -3.63. The quantitative estimate of drug-likeness (QED) is 0.0916. The number of fused-ring (bicyclic) bond motifs is 1. The maximum atomic E-state index is 13.7. The van der Waals surface area contributed by atoms with Crippen molar-refractivity contribution >= 4 is 34.6 Å². The van der Waals surface area contributed by atoms with Gasteiger partial charge in [0, 0.05) is 48.3 Å². The van der Waals surface area contributed by atoms with Crippen molar-refractivity contribution in [1.82, 2.24) is 30.9 Å². The third-order valence-electron chi connectivity index (χ3n) is 6.87. The first-order chi connectivity index (χ1) is 20.6. The Labute approximate surface area is 245 Å². The van der Waals surface area contributed by atoms with Gasteiger partial charge in [-0.1, -0.05) is 30.3 Å². The van der Waals surface area contributed by atoms with Gasteiger partial charge in [0.25, 0.3) is 0 Å². The Morgan fingerprint density at radius 1 is 0.837 bits per heavy atom. The average Bonchev–Trinajstić information content (AvgIpc) is 3.66. The molecule has 2 aromatic heterocycles. The van der Waals surface area contributed by atoms with Gasteiger partial charge in [-0.2, -0.15) is 0 Å². The van der Waals surface area contributed by atoms with E-state index in [1.807, 2.05) is 24.3 Å². The van der Waals surface area contributed by atoms with Crippen LogP contribution in [0.1, 0.15) is 16.8 Å². The van der Waals surface area contributed by atoms with Gasteiger partial charge in [-0.05, 0) is 29.3 Å². The van der Waals surface area contributed by atoms with Gasteiger partial charge in [0.05, 0.1) is 19.0 Å². The first kappa shape index (κ1) is 30.7. The number of carboxylic acids is 1.